The minimum absolute atomic E-state index is 0.762. The Bertz CT molecular complexity index is 240. The van der Waals surface area contributed by atoms with Crippen molar-refractivity contribution < 1.29 is 0 Å². The molecule has 60 valence electrons. The first-order valence-electron chi connectivity index (χ1n) is 3.02. The van der Waals surface area contributed by atoms with Crippen LogP contribution in [0.25, 0.3) is 0 Å². The number of hydrogen-bond acceptors (Lipinski definition) is 0. The van der Waals surface area contributed by atoms with E-state index in [0.717, 1.165) is 10.6 Å². The third-order valence-corrected chi connectivity index (χ3v) is 3.01. The molecule has 0 fully saturated rings. The van der Waals surface area contributed by atoms with E-state index in [9.17, 15) is 0 Å². The van der Waals surface area contributed by atoms with Crippen molar-refractivity contribution in [1.29, 1.82) is 0 Å². The summed E-state index contributed by atoms with van der Waals surface area (Å²) in [4.78, 5) is 0. The van der Waals surface area contributed by atoms with Crippen LogP contribution < -0.4 is 0 Å². The Morgan fingerprint density at radius 3 is 2.64 bits per heavy atom. The maximum absolute atomic E-state index is 5.68. The van der Waals surface area contributed by atoms with E-state index in [4.69, 9.17) is 22.5 Å². The van der Waals surface area contributed by atoms with E-state index in [2.05, 4.69) is 15.9 Å². The summed E-state index contributed by atoms with van der Waals surface area (Å²) in [5, 5.41) is 0. The van der Waals surface area contributed by atoms with Crippen molar-refractivity contribution in [1.82, 2.24) is 0 Å². The first-order valence-corrected chi connectivity index (χ1v) is 7.15. The fourth-order valence-corrected chi connectivity index (χ4v) is 2.52. The van der Waals surface area contributed by atoms with Gasteiger partial charge in [0.05, 0.1) is 6.63 Å². The fraction of sp³-hybridized carbons (Fsp3) is 0.143. The lowest BCUT2D eigenvalue weighted by molar-refractivity contribution is 1.40. The summed E-state index contributed by atoms with van der Waals surface area (Å²) < 4.78 is 1.07. The van der Waals surface area contributed by atoms with E-state index in [1.807, 2.05) is 24.3 Å². The van der Waals surface area contributed by atoms with Gasteiger partial charge in [0.15, 0.2) is 0 Å². The molecule has 0 spiro atoms. The number of halogens is 3. The van der Waals surface area contributed by atoms with E-state index < -0.39 is 6.63 Å². The molecule has 0 saturated heterocycles. The highest BCUT2D eigenvalue weighted by molar-refractivity contribution is 9.10. The summed E-state index contributed by atoms with van der Waals surface area (Å²) in [7, 11) is 0. The van der Waals surface area contributed by atoms with E-state index in [1.165, 1.54) is 5.56 Å². The predicted octanol–water partition coefficient (Wildman–Crippen LogP) is 4.74. The van der Waals surface area contributed by atoms with Crippen molar-refractivity contribution in [3.63, 3.8) is 0 Å². The minimum Gasteiger partial charge on any atom is -0.0777 e. The molecular formula is C7H6BrCl2P. The molecule has 0 aromatic heterocycles. The third-order valence-electron chi connectivity index (χ3n) is 1.19. The highest BCUT2D eigenvalue weighted by atomic mass is 79.9. The first-order chi connectivity index (χ1) is 5.18. The minimum atomic E-state index is -0.866. The van der Waals surface area contributed by atoms with Crippen molar-refractivity contribution in [2.45, 2.75) is 6.16 Å². The van der Waals surface area contributed by atoms with Gasteiger partial charge in [-0.2, -0.15) is 0 Å². The summed E-state index contributed by atoms with van der Waals surface area (Å²) in [6, 6.07) is 8.01. The van der Waals surface area contributed by atoms with Crippen LogP contribution in [0.15, 0.2) is 28.7 Å². The van der Waals surface area contributed by atoms with Gasteiger partial charge in [-0.05, 0) is 17.7 Å². The van der Waals surface area contributed by atoms with Gasteiger partial charge in [-0.25, -0.2) is 0 Å². The molecule has 0 amide bonds. The van der Waals surface area contributed by atoms with Crippen LogP contribution in [0.4, 0.5) is 0 Å². The van der Waals surface area contributed by atoms with E-state index >= 15 is 0 Å². The molecular weight excluding hydrogens is 266 g/mol. The van der Waals surface area contributed by atoms with Gasteiger partial charge in [0, 0.05) is 10.6 Å². The molecule has 0 saturated carbocycles. The van der Waals surface area contributed by atoms with Gasteiger partial charge in [-0.3, -0.25) is 0 Å². The van der Waals surface area contributed by atoms with Crippen LogP contribution in [0.3, 0.4) is 0 Å². The summed E-state index contributed by atoms with van der Waals surface area (Å²) in [5.74, 6) is 0. The van der Waals surface area contributed by atoms with Crippen LogP contribution in [-0.4, -0.2) is 0 Å². The molecule has 11 heavy (non-hydrogen) atoms. The molecule has 0 N–H and O–H groups in total. The zero-order valence-electron chi connectivity index (χ0n) is 5.60. The molecule has 4 heteroatoms. The lowest BCUT2D eigenvalue weighted by Crippen LogP contribution is -1.76. The predicted molar refractivity (Wildman–Crippen MR) is 56.5 cm³/mol. The molecule has 1 aromatic carbocycles. The second-order valence-corrected chi connectivity index (χ2v) is 6.90. The van der Waals surface area contributed by atoms with Crippen LogP contribution >= 0.6 is 45.0 Å². The van der Waals surface area contributed by atoms with Crippen LogP contribution in [0.2, 0.25) is 0 Å². The number of hydrogen-bond donors (Lipinski definition) is 0. The summed E-state index contributed by atoms with van der Waals surface area (Å²) in [6.45, 7) is -0.866. The van der Waals surface area contributed by atoms with Crippen molar-refractivity contribution in [3.05, 3.63) is 34.3 Å². The molecule has 0 aliphatic carbocycles. The zero-order chi connectivity index (χ0) is 8.27. The van der Waals surface area contributed by atoms with Crippen LogP contribution in [0.5, 0.6) is 0 Å². The fourth-order valence-electron chi connectivity index (χ4n) is 0.773. The highest BCUT2D eigenvalue weighted by Crippen LogP contribution is 2.49. The Morgan fingerprint density at radius 1 is 1.36 bits per heavy atom. The SMILES string of the molecule is ClP(Cl)Cc1cccc(Br)c1. The highest BCUT2D eigenvalue weighted by Gasteiger charge is 2.00. The van der Waals surface area contributed by atoms with Gasteiger partial charge in [0.1, 0.15) is 0 Å². The topological polar surface area (TPSA) is 0 Å². The first kappa shape index (κ1) is 9.80. The molecule has 0 aliphatic heterocycles. The third kappa shape index (κ3) is 3.75. The number of rotatable bonds is 2. The maximum Gasteiger partial charge on any atom is 0.0899 e. The molecule has 0 aliphatic rings. The Labute approximate surface area is 85.4 Å². The van der Waals surface area contributed by atoms with Crippen molar-refractivity contribution in [2.75, 3.05) is 0 Å². The number of benzene rings is 1. The largest absolute Gasteiger partial charge is 0.0899 e. The van der Waals surface area contributed by atoms with Crippen molar-refractivity contribution in [3.8, 4) is 0 Å². The van der Waals surface area contributed by atoms with Gasteiger partial charge in [0.2, 0.25) is 0 Å². The van der Waals surface area contributed by atoms with Crippen LogP contribution in [0, 0.1) is 0 Å². The van der Waals surface area contributed by atoms with Crippen LogP contribution in [0.1, 0.15) is 5.56 Å². The van der Waals surface area contributed by atoms with Gasteiger partial charge in [-0.1, -0.05) is 50.5 Å². The molecule has 0 atom stereocenters. The van der Waals surface area contributed by atoms with Gasteiger partial charge >= 0.3 is 0 Å². The average molecular weight is 272 g/mol. The normalized spacial score (nSPS) is 10.5. The molecule has 0 nitrogen and oxygen atoms in total. The van der Waals surface area contributed by atoms with E-state index in [-0.39, 0.29) is 0 Å². The second kappa shape index (κ2) is 4.67. The van der Waals surface area contributed by atoms with Crippen LogP contribution in [-0.2, 0) is 6.16 Å². The van der Waals surface area contributed by atoms with E-state index in [0.29, 0.717) is 0 Å². The van der Waals surface area contributed by atoms with Crippen molar-refractivity contribution >= 4 is 45.0 Å². The standard InChI is InChI=1S/C7H6BrCl2P/c8-7-3-1-2-6(4-7)5-11(9)10/h1-4H,5H2. The summed E-state index contributed by atoms with van der Waals surface area (Å²) in [5.41, 5.74) is 1.18. The van der Waals surface area contributed by atoms with E-state index in [1.54, 1.807) is 0 Å². The molecule has 1 rings (SSSR count). The monoisotopic (exact) mass is 270 g/mol. The average Bonchev–Trinajstić information content (AvgIpc) is 1.85. The Hall–Kier alpha value is 0.710. The Morgan fingerprint density at radius 2 is 2.09 bits per heavy atom. The Balaban J connectivity index is 2.71. The second-order valence-electron chi connectivity index (χ2n) is 2.09. The smallest absolute Gasteiger partial charge is 0.0777 e. The quantitative estimate of drug-likeness (QED) is 0.682. The molecule has 0 unspecified atom stereocenters. The lowest BCUT2D eigenvalue weighted by atomic mass is 10.2. The Kier molecular flexibility index (Phi) is 4.16. The molecule has 0 radical (unpaired) electrons. The van der Waals surface area contributed by atoms with Crippen molar-refractivity contribution in [2.24, 2.45) is 0 Å². The molecule has 0 heterocycles. The maximum atomic E-state index is 5.68. The molecule has 0 bridgehead atoms. The zero-order valence-corrected chi connectivity index (χ0v) is 9.59. The lowest BCUT2D eigenvalue weighted by Gasteiger charge is -2.00. The summed E-state index contributed by atoms with van der Waals surface area (Å²) >= 11 is 14.7. The van der Waals surface area contributed by atoms with Gasteiger partial charge in [-0.15, -0.1) is 0 Å². The summed E-state index contributed by atoms with van der Waals surface area (Å²) in [6.07, 6.45) is 0.762. The molecule has 1 aromatic rings. The van der Waals surface area contributed by atoms with Gasteiger partial charge < -0.3 is 0 Å². The van der Waals surface area contributed by atoms with Gasteiger partial charge in [0.25, 0.3) is 0 Å².